The fraction of sp³-hybridized carbons (Fsp3) is 0.211. The van der Waals surface area contributed by atoms with Crippen LogP contribution >= 0.6 is 11.3 Å². The van der Waals surface area contributed by atoms with Crippen LogP contribution in [0.15, 0.2) is 58.4 Å². The maximum absolute atomic E-state index is 12.2. The summed E-state index contributed by atoms with van der Waals surface area (Å²) in [5.41, 5.74) is 1.44. The minimum Gasteiger partial charge on any atom is -0.459 e. The highest BCUT2D eigenvalue weighted by Crippen LogP contribution is 2.23. The fourth-order valence-electron chi connectivity index (χ4n) is 2.46. The summed E-state index contributed by atoms with van der Waals surface area (Å²) < 4.78 is 10.6. The van der Waals surface area contributed by atoms with Crippen LogP contribution in [0, 0.1) is 0 Å². The molecule has 2 aromatic heterocycles. The van der Waals surface area contributed by atoms with Gasteiger partial charge in [0.25, 0.3) is 0 Å². The average Bonchev–Trinajstić information content (AvgIpc) is 3.32. The lowest BCUT2D eigenvalue weighted by Gasteiger charge is -2.15. The summed E-state index contributed by atoms with van der Waals surface area (Å²) >= 11 is 1.48. The molecule has 0 unspecified atom stereocenters. The number of hydrogen-bond acceptors (Lipinski definition) is 6. The number of carbonyl (C=O) groups is 2. The molecule has 0 aliphatic rings. The summed E-state index contributed by atoms with van der Waals surface area (Å²) in [6.45, 7) is 1.44. The molecule has 3 rings (SSSR count). The summed E-state index contributed by atoms with van der Waals surface area (Å²) in [6.07, 6.45) is 0.0590. The summed E-state index contributed by atoms with van der Waals surface area (Å²) in [5.74, 6) is 0.00738. The van der Waals surface area contributed by atoms with Gasteiger partial charge in [0, 0.05) is 23.4 Å². The molecule has 1 atom stereocenters. The van der Waals surface area contributed by atoms with Crippen molar-refractivity contribution in [3.63, 3.8) is 0 Å². The van der Waals surface area contributed by atoms with Crippen LogP contribution < -0.4 is 5.32 Å². The zero-order valence-electron chi connectivity index (χ0n) is 14.2. The molecule has 0 bridgehead atoms. The molecular formula is C19H18N2O4S. The van der Waals surface area contributed by atoms with E-state index >= 15 is 0 Å². The molecule has 1 aromatic carbocycles. The van der Waals surface area contributed by atoms with E-state index in [1.807, 2.05) is 47.8 Å². The third-order valence-electron chi connectivity index (χ3n) is 3.63. The molecule has 0 aliphatic carbocycles. The molecule has 0 radical (unpaired) electrons. The van der Waals surface area contributed by atoms with Crippen LogP contribution in [0.1, 0.15) is 30.0 Å². The highest BCUT2D eigenvalue weighted by atomic mass is 32.1. The van der Waals surface area contributed by atoms with Crippen LogP contribution in [0.25, 0.3) is 11.3 Å². The second-order valence-corrected chi connectivity index (χ2v) is 6.66. The van der Waals surface area contributed by atoms with E-state index in [0.717, 1.165) is 10.4 Å². The lowest BCUT2D eigenvalue weighted by atomic mass is 10.1. The normalized spacial score (nSPS) is 11.7. The molecule has 6 nitrogen and oxygen atoms in total. The number of rotatable bonds is 7. The molecule has 134 valence electrons. The van der Waals surface area contributed by atoms with Crippen molar-refractivity contribution in [3.05, 3.63) is 64.5 Å². The molecule has 2 heterocycles. The van der Waals surface area contributed by atoms with E-state index in [0.29, 0.717) is 11.5 Å². The Labute approximate surface area is 154 Å². The van der Waals surface area contributed by atoms with Gasteiger partial charge in [-0.1, -0.05) is 41.6 Å². The minimum atomic E-state index is -0.415. The predicted molar refractivity (Wildman–Crippen MR) is 97.2 cm³/mol. The maximum Gasteiger partial charge on any atom is 0.308 e. The first kappa shape index (κ1) is 17.9. The lowest BCUT2D eigenvalue weighted by Crippen LogP contribution is -2.28. The summed E-state index contributed by atoms with van der Waals surface area (Å²) in [5, 5.41) is 8.59. The molecule has 1 N–H and O–H groups in total. The van der Waals surface area contributed by atoms with Crippen LogP contribution in [0.5, 0.6) is 0 Å². The Morgan fingerprint density at radius 2 is 2.04 bits per heavy atom. The first-order valence-electron chi connectivity index (χ1n) is 8.09. The van der Waals surface area contributed by atoms with Crippen molar-refractivity contribution in [1.82, 2.24) is 10.5 Å². The van der Waals surface area contributed by atoms with E-state index in [2.05, 4.69) is 10.5 Å². The van der Waals surface area contributed by atoms with Crippen molar-refractivity contribution in [2.24, 2.45) is 0 Å². The van der Waals surface area contributed by atoms with E-state index < -0.39 is 12.0 Å². The van der Waals surface area contributed by atoms with Gasteiger partial charge in [0.2, 0.25) is 5.91 Å². The smallest absolute Gasteiger partial charge is 0.308 e. The standard InChI is InChI=1S/C19H18N2O4S/c1-13(22)20-16(18-8-5-9-26-18)11-19(23)24-12-15-10-17(25-21-15)14-6-3-2-4-7-14/h2-10,16H,11-12H2,1H3,(H,20,22)/t16-/m0/s1. The molecule has 26 heavy (non-hydrogen) atoms. The Balaban J connectivity index is 1.56. The summed E-state index contributed by atoms with van der Waals surface area (Å²) in [6, 6.07) is 14.7. The van der Waals surface area contributed by atoms with Crippen LogP contribution in [0.3, 0.4) is 0 Å². The number of ether oxygens (including phenoxy) is 1. The minimum absolute atomic E-state index is 0.0202. The van der Waals surface area contributed by atoms with Crippen LogP contribution in [0.2, 0.25) is 0 Å². The number of thiophene rings is 1. The van der Waals surface area contributed by atoms with Gasteiger partial charge in [0.05, 0.1) is 12.5 Å². The van der Waals surface area contributed by atoms with Crippen molar-refractivity contribution >= 4 is 23.2 Å². The average molecular weight is 370 g/mol. The Morgan fingerprint density at radius 1 is 1.23 bits per heavy atom. The molecule has 0 saturated carbocycles. The second-order valence-electron chi connectivity index (χ2n) is 5.68. The molecule has 3 aromatic rings. The van der Waals surface area contributed by atoms with Crippen LogP contribution in [-0.2, 0) is 20.9 Å². The van der Waals surface area contributed by atoms with Gasteiger partial charge in [-0.15, -0.1) is 11.3 Å². The zero-order chi connectivity index (χ0) is 18.4. The van der Waals surface area contributed by atoms with Gasteiger partial charge in [-0.25, -0.2) is 0 Å². The van der Waals surface area contributed by atoms with Gasteiger partial charge in [-0.3, -0.25) is 9.59 Å². The topological polar surface area (TPSA) is 81.4 Å². The van der Waals surface area contributed by atoms with Gasteiger partial charge >= 0.3 is 5.97 Å². The number of aromatic nitrogens is 1. The highest BCUT2D eigenvalue weighted by molar-refractivity contribution is 7.10. The number of esters is 1. The lowest BCUT2D eigenvalue weighted by molar-refractivity contribution is -0.145. The number of amides is 1. The molecule has 1 amide bonds. The Morgan fingerprint density at radius 3 is 2.73 bits per heavy atom. The van der Waals surface area contributed by atoms with Crippen molar-refractivity contribution in [3.8, 4) is 11.3 Å². The van der Waals surface area contributed by atoms with Crippen molar-refractivity contribution in [2.75, 3.05) is 0 Å². The van der Waals surface area contributed by atoms with Gasteiger partial charge in [-0.05, 0) is 11.4 Å². The number of nitrogens with one attached hydrogen (secondary N) is 1. The predicted octanol–water partition coefficient (Wildman–Crippen LogP) is 3.71. The number of benzene rings is 1. The largest absolute Gasteiger partial charge is 0.459 e. The summed E-state index contributed by atoms with van der Waals surface area (Å²) in [4.78, 5) is 24.4. The molecular weight excluding hydrogens is 352 g/mol. The van der Waals surface area contributed by atoms with Gasteiger partial charge in [0.15, 0.2) is 5.76 Å². The first-order valence-corrected chi connectivity index (χ1v) is 8.97. The van der Waals surface area contributed by atoms with E-state index in [4.69, 9.17) is 9.26 Å². The summed E-state index contributed by atoms with van der Waals surface area (Å²) in [7, 11) is 0. The maximum atomic E-state index is 12.2. The third-order valence-corrected chi connectivity index (χ3v) is 4.62. The van der Waals surface area contributed by atoms with Crippen LogP contribution in [0.4, 0.5) is 0 Å². The molecule has 0 saturated heterocycles. The molecule has 0 fully saturated rings. The van der Waals surface area contributed by atoms with E-state index in [1.165, 1.54) is 18.3 Å². The highest BCUT2D eigenvalue weighted by Gasteiger charge is 2.19. The molecule has 0 spiro atoms. The van der Waals surface area contributed by atoms with Crippen LogP contribution in [-0.4, -0.2) is 17.0 Å². The van der Waals surface area contributed by atoms with Gasteiger partial charge in [0.1, 0.15) is 12.3 Å². The van der Waals surface area contributed by atoms with E-state index in [-0.39, 0.29) is 18.9 Å². The zero-order valence-corrected chi connectivity index (χ0v) is 15.0. The number of nitrogens with zero attached hydrogens (tertiary/aromatic N) is 1. The van der Waals surface area contributed by atoms with E-state index in [1.54, 1.807) is 6.07 Å². The number of hydrogen-bond donors (Lipinski definition) is 1. The van der Waals surface area contributed by atoms with Gasteiger partial charge in [-0.2, -0.15) is 0 Å². The Hall–Kier alpha value is -2.93. The molecule has 0 aliphatic heterocycles. The van der Waals surface area contributed by atoms with Crippen molar-refractivity contribution in [2.45, 2.75) is 26.0 Å². The Kier molecular flexibility index (Phi) is 5.80. The van der Waals surface area contributed by atoms with Crippen molar-refractivity contribution < 1.29 is 18.8 Å². The van der Waals surface area contributed by atoms with E-state index in [9.17, 15) is 9.59 Å². The second kappa shape index (κ2) is 8.44. The third kappa shape index (κ3) is 4.80. The van der Waals surface area contributed by atoms with Gasteiger partial charge < -0.3 is 14.6 Å². The first-order chi connectivity index (χ1) is 12.6. The Bertz CT molecular complexity index is 859. The SMILES string of the molecule is CC(=O)N[C@@H](CC(=O)OCc1cc(-c2ccccc2)on1)c1cccs1. The fourth-order valence-corrected chi connectivity index (χ4v) is 3.23. The quantitative estimate of drug-likeness (QED) is 0.641. The molecule has 7 heteroatoms. The monoisotopic (exact) mass is 370 g/mol. The van der Waals surface area contributed by atoms with Crippen molar-refractivity contribution in [1.29, 1.82) is 0 Å². The number of carbonyl (C=O) groups excluding carboxylic acids is 2.